The van der Waals surface area contributed by atoms with Gasteiger partial charge in [0.2, 0.25) is 0 Å². The Morgan fingerprint density at radius 2 is 0.851 bits per heavy atom. The number of fused-ring (bicyclic) bond motifs is 21. The second-order valence-corrected chi connectivity index (χ2v) is 21.1. The van der Waals surface area contributed by atoms with Gasteiger partial charge in [-0.3, -0.25) is 0 Å². The zero-order valence-corrected chi connectivity index (χ0v) is 41.1. The molecule has 0 saturated carbocycles. The lowest BCUT2D eigenvalue weighted by atomic mass is 9.66. The molecular weight excluding hydrogens is 919 g/mol. The zero-order valence-electron chi connectivity index (χ0n) is 40.3. The maximum atomic E-state index is 6.80. The minimum Gasteiger partial charge on any atom is -0.493 e. The Kier molecular flexibility index (Phi) is 8.93. The van der Waals surface area contributed by atoms with Crippen LogP contribution < -0.4 is 14.4 Å². The molecule has 3 heterocycles. The van der Waals surface area contributed by atoms with Crippen LogP contribution in [0.5, 0.6) is 17.2 Å². The summed E-state index contributed by atoms with van der Waals surface area (Å²) in [4.78, 5) is 5.16. The highest BCUT2D eigenvalue weighted by Crippen LogP contribution is 2.67. The zero-order chi connectivity index (χ0) is 48.5. The Hall–Kier alpha value is -8.83. The lowest BCUT2D eigenvalue weighted by Gasteiger charge is -2.42. The van der Waals surface area contributed by atoms with Crippen LogP contribution in [0, 0.1) is 0 Å². The van der Waals surface area contributed by atoms with Crippen LogP contribution in [0.1, 0.15) is 50.1 Å². The van der Waals surface area contributed by atoms with Crippen molar-refractivity contribution in [3.63, 3.8) is 0 Å². The molecule has 3 nitrogen and oxygen atoms in total. The number of hydrogen-bond donors (Lipinski definition) is 0. The average molecular weight is 964 g/mol. The van der Waals surface area contributed by atoms with Gasteiger partial charge in [0.1, 0.15) is 17.2 Å². The monoisotopic (exact) mass is 963 g/mol. The Morgan fingerprint density at radius 1 is 0.351 bits per heavy atom. The van der Waals surface area contributed by atoms with Crippen molar-refractivity contribution >= 4 is 28.8 Å². The van der Waals surface area contributed by atoms with Crippen LogP contribution in [-0.4, -0.2) is 6.61 Å². The van der Waals surface area contributed by atoms with Crippen molar-refractivity contribution in [1.82, 2.24) is 0 Å². The molecule has 3 aliphatic heterocycles. The molecule has 0 aromatic heterocycles. The molecule has 0 fully saturated rings. The molecule has 11 aromatic carbocycles. The molecule has 0 radical (unpaired) electrons. The lowest BCUT2D eigenvalue weighted by molar-refractivity contribution is 0.326. The predicted molar refractivity (Wildman–Crippen MR) is 300 cm³/mol. The first-order chi connectivity index (χ1) is 36.7. The number of anilines is 3. The van der Waals surface area contributed by atoms with Gasteiger partial charge in [0.15, 0.2) is 0 Å². The Balaban J connectivity index is 0.995. The third-order valence-corrected chi connectivity index (χ3v) is 17.7. The van der Waals surface area contributed by atoms with E-state index in [0.29, 0.717) is 6.61 Å². The van der Waals surface area contributed by atoms with E-state index in [2.05, 4.69) is 254 Å². The number of nitrogens with zero attached hydrogens (tertiary/aromatic N) is 1. The van der Waals surface area contributed by atoms with Gasteiger partial charge in [-0.15, -0.1) is 0 Å². The van der Waals surface area contributed by atoms with Gasteiger partial charge in [0.05, 0.1) is 28.8 Å². The van der Waals surface area contributed by atoms with Crippen molar-refractivity contribution in [3.8, 4) is 61.8 Å². The number of hydrogen-bond acceptors (Lipinski definition) is 4. The van der Waals surface area contributed by atoms with Crippen LogP contribution in [0.4, 0.5) is 17.1 Å². The van der Waals surface area contributed by atoms with E-state index in [1.807, 2.05) is 11.8 Å². The highest BCUT2D eigenvalue weighted by Gasteiger charge is 2.54. The van der Waals surface area contributed by atoms with E-state index < -0.39 is 10.8 Å². The average Bonchev–Trinajstić information content (AvgIpc) is 3.85. The van der Waals surface area contributed by atoms with Crippen molar-refractivity contribution in [2.45, 2.75) is 27.0 Å². The van der Waals surface area contributed by atoms with Crippen LogP contribution >= 0.6 is 11.8 Å². The Morgan fingerprint density at radius 3 is 1.57 bits per heavy atom. The van der Waals surface area contributed by atoms with Gasteiger partial charge < -0.3 is 14.4 Å². The number of ether oxygens (including phenoxy) is 2. The minimum atomic E-state index is -0.634. The van der Waals surface area contributed by atoms with Gasteiger partial charge in [-0.2, -0.15) is 0 Å². The Labute approximate surface area is 435 Å². The number of rotatable bonds is 4. The van der Waals surface area contributed by atoms with Gasteiger partial charge in [-0.05, 0) is 121 Å². The van der Waals surface area contributed by atoms with Gasteiger partial charge in [-0.25, -0.2) is 0 Å². The minimum absolute atomic E-state index is 0.616. The molecule has 74 heavy (non-hydrogen) atoms. The molecule has 16 rings (SSSR count). The van der Waals surface area contributed by atoms with Crippen molar-refractivity contribution < 1.29 is 9.47 Å². The molecule has 2 aliphatic carbocycles. The van der Waals surface area contributed by atoms with Crippen LogP contribution in [0.15, 0.2) is 259 Å². The van der Waals surface area contributed by atoms with Crippen molar-refractivity contribution in [3.05, 3.63) is 299 Å². The van der Waals surface area contributed by atoms with Gasteiger partial charge in [0.25, 0.3) is 0 Å². The molecule has 0 atom stereocenters. The largest absolute Gasteiger partial charge is 0.493 e. The second kappa shape index (κ2) is 15.8. The Bertz CT molecular complexity index is 4060. The normalized spacial score (nSPS) is 14.8. The van der Waals surface area contributed by atoms with E-state index in [9.17, 15) is 0 Å². The first kappa shape index (κ1) is 41.8. The highest BCUT2D eigenvalue weighted by molar-refractivity contribution is 7.99. The smallest absolute Gasteiger partial charge is 0.132 e. The lowest BCUT2D eigenvalue weighted by Crippen LogP contribution is -2.33. The second-order valence-electron chi connectivity index (χ2n) is 20.0. The first-order valence-corrected chi connectivity index (χ1v) is 26.5. The van der Waals surface area contributed by atoms with E-state index >= 15 is 0 Å². The van der Waals surface area contributed by atoms with E-state index in [1.165, 1.54) is 87.7 Å². The third kappa shape index (κ3) is 5.53. The predicted octanol–water partition coefficient (Wildman–Crippen LogP) is 17.7. The summed E-state index contributed by atoms with van der Waals surface area (Å²) in [5, 5.41) is 0. The summed E-state index contributed by atoms with van der Waals surface area (Å²) in [6.45, 7) is 0.629. The van der Waals surface area contributed by atoms with E-state index in [0.717, 1.165) is 57.4 Å². The highest BCUT2D eigenvalue weighted by atomic mass is 32.2. The molecule has 348 valence electrons. The molecule has 2 spiro atoms. The molecular formula is C70H45NO2S. The molecule has 0 unspecified atom stereocenters. The summed E-state index contributed by atoms with van der Waals surface area (Å²) < 4.78 is 13.1. The van der Waals surface area contributed by atoms with E-state index in [4.69, 9.17) is 9.47 Å². The summed E-state index contributed by atoms with van der Waals surface area (Å²) in [5.74, 6) is 2.71. The number of benzene rings is 11. The molecule has 11 aromatic rings. The summed E-state index contributed by atoms with van der Waals surface area (Å²) in [6, 6.07) is 92.5. The number of para-hydroxylation sites is 3. The van der Waals surface area contributed by atoms with Crippen LogP contribution in [0.25, 0.3) is 44.5 Å². The summed E-state index contributed by atoms with van der Waals surface area (Å²) in [7, 11) is 0. The van der Waals surface area contributed by atoms with Gasteiger partial charge >= 0.3 is 0 Å². The summed E-state index contributed by atoms with van der Waals surface area (Å²) in [6.07, 6.45) is 0.822. The fraction of sp³-hybridized carbons (Fsp3) is 0.0571. The van der Waals surface area contributed by atoms with Crippen molar-refractivity contribution in [1.29, 1.82) is 0 Å². The summed E-state index contributed by atoms with van der Waals surface area (Å²) >= 11 is 1.88. The van der Waals surface area contributed by atoms with E-state index in [1.54, 1.807) is 0 Å². The van der Waals surface area contributed by atoms with Crippen LogP contribution in [0.2, 0.25) is 0 Å². The topological polar surface area (TPSA) is 21.7 Å². The molecule has 0 saturated heterocycles. The standard InChI is InChI=1S/C70H45NO2S/c1-4-24-53-49(18-1)51-23-16-32-61(68(51)70(53)57-28-8-13-36-65(57)74-66-37-14-9-29-58(66)70)71(45-40-38-44(39-41-45)46-21-15-22-47-48(46)42-43-72-62-33-10-3-19-50(47)62)60-31-17-30-59-67(60)52-20-2-5-25-54(52)69(59)55-26-6-11-34-63(55)73-64-35-12-7-27-56(64)69/h1-41H,42-43H2. The molecule has 0 bridgehead atoms. The van der Waals surface area contributed by atoms with Crippen molar-refractivity contribution in [2.75, 3.05) is 11.5 Å². The van der Waals surface area contributed by atoms with E-state index in [-0.39, 0.29) is 0 Å². The maximum absolute atomic E-state index is 6.80. The fourth-order valence-corrected chi connectivity index (χ4v) is 15.0. The summed E-state index contributed by atoms with van der Waals surface area (Å²) in [5.41, 5.74) is 23.2. The fourth-order valence-electron chi connectivity index (χ4n) is 13.8. The SMILES string of the molecule is c1ccc2c(c1)OCCc1c(-c3ccc(N(c4cccc5c4-c4ccccc4C54c5ccccc5Oc5ccccc54)c4cccc5c4C4(c6ccccc6Sc6ccccc64)c4ccccc4-5)cc3)cccc1-2. The van der Waals surface area contributed by atoms with Crippen LogP contribution in [0.3, 0.4) is 0 Å². The van der Waals surface area contributed by atoms with Gasteiger partial charge in [0, 0.05) is 49.7 Å². The third-order valence-electron chi connectivity index (χ3n) is 16.6. The quantitative estimate of drug-likeness (QED) is 0.175. The van der Waals surface area contributed by atoms with Crippen molar-refractivity contribution in [2.24, 2.45) is 0 Å². The maximum Gasteiger partial charge on any atom is 0.132 e. The molecule has 0 N–H and O–H groups in total. The van der Waals surface area contributed by atoms with Crippen LogP contribution in [-0.2, 0) is 17.3 Å². The van der Waals surface area contributed by atoms with Gasteiger partial charge in [-0.1, -0.05) is 206 Å². The molecule has 0 amide bonds. The molecule has 5 aliphatic rings. The molecule has 4 heteroatoms. The first-order valence-electron chi connectivity index (χ1n) is 25.7.